The van der Waals surface area contributed by atoms with Crippen LogP contribution in [0.1, 0.15) is 39.0 Å². The van der Waals surface area contributed by atoms with Crippen molar-refractivity contribution >= 4 is 22.6 Å². The van der Waals surface area contributed by atoms with Crippen molar-refractivity contribution in [3.63, 3.8) is 0 Å². The molecule has 1 aliphatic carbocycles. The number of likely N-dealkylation sites (N-methyl/N-ethyl adjacent to an activating group) is 1. The maximum absolute atomic E-state index is 12.4. The van der Waals surface area contributed by atoms with E-state index < -0.39 is 23.6 Å². The second-order valence-corrected chi connectivity index (χ2v) is 7.01. The van der Waals surface area contributed by atoms with Crippen molar-refractivity contribution in [3.8, 4) is 0 Å². The van der Waals surface area contributed by atoms with Crippen LogP contribution in [0.2, 0.25) is 0 Å². The maximum atomic E-state index is 12.4. The van der Waals surface area contributed by atoms with Crippen LogP contribution in [0, 0.1) is 0 Å². The number of rotatable bonds is 6. The first kappa shape index (κ1) is 19.9. The summed E-state index contributed by atoms with van der Waals surface area (Å²) in [5.74, 6) is -0.983. The van der Waals surface area contributed by atoms with Gasteiger partial charge in [-0.15, -0.1) is 0 Å². The Labute approximate surface area is 162 Å². The number of nitrogens with one attached hydrogen (secondary N) is 1. The molecule has 1 amide bonds. The molecule has 0 unspecified atom stereocenters. The molecule has 1 heterocycles. The van der Waals surface area contributed by atoms with E-state index in [0.717, 1.165) is 30.4 Å². The van der Waals surface area contributed by atoms with E-state index in [4.69, 9.17) is 4.74 Å². The quantitative estimate of drug-likeness (QED) is 0.755. The molecule has 8 nitrogen and oxygen atoms in total. The third kappa shape index (κ3) is 4.32. The number of amides is 1. The highest BCUT2D eigenvalue weighted by molar-refractivity contribution is 5.82. The minimum atomic E-state index is -0.749. The summed E-state index contributed by atoms with van der Waals surface area (Å²) in [5.41, 5.74) is -0.954. The van der Waals surface area contributed by atoms with Crippen molar-refractivity contribution in [2.24, 2.45) is 0 Å². The van der Waals surface area contributed by atoms with Crippen LogP contribution in [-0.2, 0) is 20.9 Å². The van der Waals surface area contributed by atoms with E-state index in [1.165, 1.54) is 12.5 Å². The molecule has 8 heteroatoms. The van der Waals surface area contributed by atoms with Crippen LogP contribution in [0.4, 0.5) is 0 Å². The van der Waals surface area contributed by atoms with E-state index in [9.17, 15) is 19.2 Å². The van der Waals surface area contributed by atoms with E-state index in [1.807, 2.05) is 6.92 Å². The summed E-state index contributed by atoms with van der Waals surface area (Å²) in [6.07, 6.45) is 5.34. The minimum absolute atomic E-state index is 0.199. The van der Waals surface area contributed by atoms with Gasteiger partial charge in [0.25, 0.3) is 17.0 Å². The minimum Gasteiger partial charge on any atom is -0.454 e. The molecule has 0 spiro atoms. The van der Waals surface area contributed by atoms with Gasteiger partial charge in [0.2, 0.25) is 0 Å². The number of carbonyl (C=O) groups excluding carboxylic acids is 2. The van der Waals surface area contributed by atoms with Crippen LogP contribution in [0.15, 0.2) is 33.9 Å². The largest absolute Gasteiger partial charge is 0.454 e. The lowest BCUT2D eigenvalue weighted by Crippen LogP contribution is -2.43. The number of H-pyrrole nitrogens is 1. The van der Waals surface area contributed by atoms with Crippen molar-refractivity contribution in [1.29, 1.82) is 0 Å². The molecule has 150 valence electrons. The van der Waals surface area contributed by atoms with Crippen LogP contribution in [0.25, 0.3) is 10.8 Å². The molecule has 1 N–H and O–H groups in total. The topological polar surface area (TPSA) is 101 Å². The molecule has 3 rings (SSSR count). The number of ether oxygens (including phenoxy) is 1. The van der Waals surface area contributed by atoms with Gasteiger partial charge in [0.05, 0.1) is 10.8 Å². The molecule has 0 bridgehead atoms. The molecule has 1 aliphatic rings. The van der Waals surface area contributed by atoms with Gasteiger partial charge < -0.3 is 9.64 Å². The van der Waals surface area contributed by atoms with Crippen LogP contribution >= 0.6 is 0 Å². The second kappa shape index (κ2) is 8.86. The summed E-state index contributed by atoms with van der Waals surface area (Å²) in [6.45, 7) is 1.66. The average molecular weight is 387 g/mol. The monoisotopic (exact) mass is 387 g/mol. The summed E-state index contributed by atoms with van der Waals surface area (Å²) in [4.78, 5) is 50.8. The normalized spacial score (nSPS) is 14.8. The summed E-state index contributed by atoms with van der Waals surface area (Å²) in [7, 11) is 0. The van der Waals surface area contributed by atoms with Gasteiger partial charge in [-0.1, -0.05) is 31.4 Å². The number of nitrogens with zero attached hydrogens (tertiary/aromatic N) is 2. The number of aromatic nitrogens is 2. The van der Waals surface area contributed by atoms with E-state index in [-0.39, 0.29) is 29.3 Å². The molecule has 0 aliphatic heterocycles. The lowest BCUT2D eigenvalue weighted by molar-refractivity contribution is -0.153. The molecule has 0 atom stereocenters. The van der Waals surface area contributed by atoms with Gasteiger partial charge in [-0.05, 0) is 31.9 Å². The van der Waals surface area contributed by atoms with Gasteiger partial charge in [0.15, 0.2) is 6.61 Å². The number of carbonyl (C=O) groups is 2. The zero-order chi connectivity index (χ0) is 20.1. The zero-order valence-corrected chi connectivity index (χ0v) is 16.0. The first-order chi connectivity index (χ1) is 13.5. The van der Waals surface area contributed by atoms with E-state index in [1.54, 1.807) is 23.1 Å². The average Bonchev–Trinajstić information content (AvgIpc) is 2.72. The predicted molar refractivity (Wildman–Crippen MR) is 104 cm³/mol. The molecule has 28 heavy (non-hydrogen) atoms. The van der Waals surface area contributed by atoms with Crippen LogP contribution in [0.3, 0.4) is 0 Å². The summed E-state index contributed by atoms with van der Waals surface area (Å²) < 4.78 is 5.99. The van der Waals surface area contributed by atoms with Crippen LogP contribution in [-0.4, -0.2) is 45.8 Å². The van der Waals surface area contributed by atoms with Gasteiger partial charge in [0.1, 0.15) is 6.54 Å². The van der Waals surface area contributed by atoms with Crippen LogP contribution < -0.4 is 11.1 Å². The zero-order valence-electron chi connectivity index (χ0n) is 16.0. The Morgan fingerprint density at radius 1 is 1.14 bits per heavy atom. The number of hydrogen-bond donors (Lipinski definition) is 1. The van der Waals surface area contributed by atoms with Crippen molar-refractivity contribution in [3.05, 3.63) is 45.0 Å². The van der Waals surface area contributed by atoms with Crippen LogP contribution in [0.5, 0.6) is 0 Å². The fraction of sp³-hybridized carbons (Fsp3) is 0.500. The maximum Gasteiger partial charge on any atom is 0.328 e. The second-order valence-electron chi connectivity index (χ2n) is 7.01. The van der Waals surface area contributed by atoms with E-state index >= 15 is 0 Å². The predicted octanol–water partition coefficient (Wildman–Crippen LogP) is 1.41. The number of hydrogen-bond acceptors (Lipinski definition) is 5. The highest BCUT2D eigenvalue weighted by Crippen LogP contribution is 2.22. The number of aromatic amines is 1. The Hall–Kier alpha value is -2.90. The van der Waals surface area contributed by atoms with Crippen molar-refractivity contribution < 1.29 is 14.3 Å². The van der Waals surface area contributed by atoms with E-state index in [0.29, 0.717) is 6.54 Å². The SMILES string of the molecule is CCN(C(=O)COC(=O)Cn1[nH]c(=O)c2ccccc2c1=O)C1CCCCC1. The fourth-order valence-corrected chi connectivity index (χ4v) is 3.79. The highest BCUT2D eigenvalue weighted by Gasteiger charge is 2.24. The Morgan fingerprint density at radius 2 is 1.82 bits per heavy atom. The van der Waals surface area contributed by atoms with Crippen molar-refractivity contribution in [2.45, 2.75) is 51.6 Å². The number of fused-ring (bicyclic) bond motifs is 1. The molecule has 1 aromatic heterocycles. The molecule has 1 saturated carbocycles. The molecule has 2 aromatic rings. The molecular weight excluding hydrogens is 362 g/mol. The molecule has 0 saturated heterocycles. The number of benzene rings is 1. The lowest BCUT2D eigenvalue weighted by Gasteiger charge is -2.33. The van der Waals surface area contributed by atoms with Gasteiger partial charge in [-0.25, -0.2) is 4.68 Å². The molecule has 0 radical (unpaired) electrons. The lowest BCUT2D eigenvalue weighted by atomic mass is 9.94. The Kier molecular flexibility index (Phi) is 6.28. The van der Waals surface area contributed by atoms with Gasteiger partial charge in [-0.3, -0.25) is 24.3 Å². The summed E-state index contributed by atoms with van der Waals surface area (Å²) in [6, 6.07) is 6.58. The third-order valence-electron chi connectivity index (χ3n) is 5.20. The first-order valence-corrected chi connectivity index (χ1v) is 9.68. The molecule has 1 fully saturated rings. The van der Waals surface area contributed by atoms with E-state index in [2.05, 4.69) is 5.10 Å². The Morgan fingerprint density at radius 3 is 2.50 bits per heavy atom. The highest BCUT2D eigenvalue weighted by atomic mass is 16.5. The Bertz CT molecular complexity index is 972. The standard InChI is InChI=1S/C20H25N3O5/c1-2-22(14-8-4-3-5-9-14)17(24)13-28-18(25)12-23-20(27)16-11-7-6-10-15(16)19(26)21-23/h6-7,10-11,14H,2-5,8-9,12-13H2,1H3,(H,21,26). The number of esters is 1. The molecule has 1 aromatic carbocycles. The van der Waals surface area contributed by atoms with Crippen molar-refractivity contribution in [2.75, 3.05) is 13.2 Å². The fourth-order valence-electron chi connectivity index (χ4n) is 3.79. The Balaban J connectivity index is 1.63. The smallest absolute Gasteiger partial charge is 0.328 e. The summed E-state index contributed by atoms with van der Waals surface area (Å²) >= 11 is 0. The van der Waals surface area contributed by atoms with Crippen molar-refractivity contribution in [1.82, 2.24) is 14.7 Å². The third-order valence-corrected chi connectivity index (χ3v) is 5.20. The van der Waals surface area contributed by atoms with Gasteiger partial charge in [0, 0.05) is 12.6 Å². The first-order valence-electron chi connectivity index (χ1n) is 9.68. The van der Waals surface area contributed by atoms with Gasteiger partial charge in [-0.2, -0.15) is 0 Å². The summed E-state index contributed by atoms with van der Waals surface area (Å²) in [5, 5.41) is 2.86. The molecular formula is C20H25N3O5. The van der Waals surface area contributed by atoms with Gasteiger partial charge >= 0.3 is 5.97 Å².